The Hall–Kier alpha value is -1.23. The molecule has 1 aromatic rings. The Kier molecular flexibility index (Phi) is 9.07. The van der Waals surface area contributed by atoms with Gasteiger partial charge in [0.05, 0.1) is 21.7 Å². The van der Waals surface area contributed by atoms with E-state index in [0.29, 0.717) is 6.61 Å². The van der Waals surface area contributed by atoms with Gasteiger partial charge in [-0.25, -0.2) is 9.59 Å². The number of hydrogen-bond acceptors (Lipinski definition) is 4. The highest BCUT2D eigenvalue weighted by Crippen LogP contribution is 2.34. The molecular weight excluding hydrogens is 363 g/mol. The number of carbonyl (C=O) groups excluding carboxylic acids is 2. The van der Waals surface area contributed by atoms with Gasteiger partial charge in [-0.15, -0.1) is 0 Å². The minimum atomic E-state index is -0.748. The number of rotatable bonds is 8. The lowest BCUT2D eigenvalue weighted by atomic mass is 10.2. The number of esters is 2. The molecule has 0 aliphatic carbocycles. The van der Waals surface area contributed by atoms with E-state index in [-0.39, 0.29) is 20.8 Å². The summed E-state index contributed by atoms with van der Waals surface area (Å²) in [6.45, 7) is 2.43. The Labute approximate surface area is 150 Å². The van der Waals surface area contributed by atoms with E-state index in [9.17, 15) is 9.59 Å². The van der Waals surface area contributed by atoms with Crippen LogP contribution in [0.5, 0.6) is 5.75 Å². The van der Waals surface area contributed by atoms with E-state index < -0.39 is 11.9 Å². The summed E-state index contributed by atoms with van der Waals surface area (Å²) in [6, 6.07) is 2.71. The second kappa shape index (κ2) is 10.5. The summed E-state index contributed by atoms with van der Waals surface area (Å²) >= 11 is 17.4. The van der Waals surface area contributed by atoms with Gasteiger partial charge in [-0.3, -0.25) is 0 Å². The molecule has 23 heavy (non-hydrogen) atoms. The molecule has 0 fully saturated rings. The van der Waals surface area contributed by atoms with E-state index in [0.717, 1.165) is 37.8 Å². The maximum Gasteiger partial charge on any atom is 0.336 e. The quantitative estimate of drug-likeness (QED) is 0.204. The highest BCUT2D eigenvalue weighted by Gasteiger charge is 2.09. The molecule has 0 radical (unpaired) electrons. The molecule has 0 unspecified atom stereocenters. The third-order valence-electron chi connectivity index (χ3n) is 2.77. The molecule has 0 aliphatic heterocycles. The minimum absolute atomic E-state index is 0.131. The Morgan fingerprint density at radius 2 is 1.61 bits per heavy atom. The molecule has 0 aliphatic rings. The fourth-order valence-corrected chi connectivity index (χ4v) is 2.20. The summed E-state index contributed by atoms with van der Waals surface area (Å²) in [6.07, 6.45) is 6.02. The molecule has 4 nitrogen and oxygen atoms in total. The predicted octanol–water partition coefficient (Wildman–Crippen LogP) is 5.23. The van der Waals surface area contributed by atoms with Crippen LogP contribution < -0.4 is 4.74 Å². The first-order valence-corrected chi connectivity index (χ1v) is 8.28. The Morgan fingerprint density at radius 1 is 1.00 bits per heavy atom. The first-order chi connectivity index (χ1) is 10.9. The van der Waals surface area contributed by atoms with Gasteiger partial charge in [-0.1, -0.05) is 61.0 Å². The number of hydrogen-bond donors (Lipinski definition) is 0. The van der Waals surface area contributed by atoms with Gasteiger partial charge in [-0.2, -0.15) is 0 Å². The molecule has 7 heteroatoms. The van der Waals surface area contributed by atoms with E-state index in [2.05, 4.69) is 6.92 Å². The van der Waals surface area contributed by atoms with Crippen LogP contribution in [-0.2, 0) is 14.3 Å². The van der Waals surface area contributed by atoms with Gasteiger partial charge in [0.25, 0.3) is 0 Å². The number of halogens is 3. The van der Waals surface area contributed by atoms with Crippen molar-refractivity contribution in [1.82, 2.24) is 0 Å². The van der Waals surface area contributed by atoms with Crippen LogP contribution in [0, 0.1) is 0 Å². The molecule has 0 spiro atoms. The van der Waals surface area contributed by atoms with Crippen LogP contribution in [-0.4, -0.2) is 18.5 Å². The standard InChI is InChI=1S/C16H17Cl3O4/c1-2-3-4-5-8-22-14(20)6-7-15(21)23-11-9-12(17)16(19)13(18)10-11/h6-7,9-10H,2-5,8H2,1H3/b7-6+. The molecule has 0 heterocycles. The summed E-state index contributed by atoms with van der Waals surface area (Å²) in [5.74, 6) is -1.21. The third-order valence-corrected chi connectivity index (χ3v) is 3.97. The molecule has 0 N–H and O–H groups in total. The summed E-state index contributed by atoms with van der Waals surface area (Å²) in [5, 5.41) is 0.505. The monoisotopic (exact) mass is 378 g/mol. The summed E-state index contributed by atoms with van der Waals surface area (Å²) in [4.78, 5) is 23.0. The average molecular weight is 380 g/mol. The van der Waals surface area contributed by atoms with E-state index >= 15 is 0 Å². The normalized spacial score (nSPS) is 10.8. The predicted molar refractivity (Wildman–Crippen MR) is 91.3 cm³/mol. The van der Waals surface area contributed by atoms with Crippen molar-refractivity contribution in [3.8, 4) is 5.75 Å². The lowest BCUT2D eigenvalue weighted by molar-refractivity contribution is -0.138. The van der Waals surface area contributed by atoms with Crippen molar-refractivity contribution in [3.05, 3.63) is 39.4 Å². The van der Waals surface area contributed by atoms with Crippen molar-refractivity contribution in [2.75, 3.05) is 6.61 Å². The van der Waals surface area contributed by atoms with Crippen molar-refractivity contribution in [3.63, 3.8) is 0 Å². The van der Waals surface area contributed by atoms with Gasteiger partial charge in [0.2, 0.25) is 0 Å². The zero-order valence-corrected chi connectivity index (χ0v) is 14.9. The molecule has 0 aromatic heterocycles. The Morgan fingerprint density at radius 3 is 2.22 bits per heavy atom. The smallest absolute Gasteiger partial charge is 0.336 e. The van der Waals surface area contributed by atoms with Crippen LogP contribution in [0.15, 0.2) is 24.3 Å². The molecule has 0 atom stereocenters. The van der Waals surface area contributed by atoms with Gasteiger partial charge < -0.3 is 9.47 Å². The van der Waals surface area contributed by atoms with Gasteiger partial charge in [0.15, 0.2) is 0 Å². The minimum Gasteiger partial charge on any atom is -0.463 e. The fraction of sp³-hybridized carbons (Fsp3) is 0.375. The third kappa shape index (κ3) is 7.73. The van der Waals surface area contributed by atoms with Gasteiger partial charge >= 0.3 is 11.9 Å². The molecule has 126 valence electrons. The summed E-state index contributed by atoms with van der Waals surface area (Å²) < 4.78 is 9.93. The number of ether oxygens (including phenoxy) is 2. The Balaban J connectivity index is 2.42. The molecule has 0 amide bonds. The number of carbonyl (C=O) groups is 2. The second-order valence-electron chi connectivity index (χ2n) is 4.68. The first-order valence-electron chi connectivity index (χ1n) is 7.15. The number of benzene rings is 1. The van der Waals surface area contributed by atoms with Gasteiger partial charge in [-0.05, 0) is 6.42 Å². The summed E-state index contributed by atoms with van der Waals surface area (Å²) in [5.41, 5.74) is 0. The Bertz CT molecular complexity index is 562. The largest absolute Gasteiger partial charge is 0.463 e. The molecule has 0 saturated heterocycles. The van der Waals surface area contributed by atoms with E-state index in [4.69, 9.17) is 44.3 Å². The van der Waals surface area contributed by atoms with Crippen LogP contribution in [0.1, 0.15) is 32.6 Å². The molecule has 1 rings (SSSR count). The van der Waals surface area contributed by atoms with E-state index in [1.54, 1.807) is 0 Å². The van der Waals surface area contributed by atoms with E-state index in [1.807, 2.05) is 0 Å². The SMILES string of the molecule is CCCCCCOC(=O)/C=C/C(=O)Oc1cc(Cl)c(Cl)c(Cl)c1. The highest BCUT2D eigenvalue weighted by molar-refractivity contribution is 6.48. The van der Waals surface area contributed by atoms with Crippen molar-refractivity contribution in [2.24, 2.45) is 0 Å². The van der Waals surface area contributed by atoms with Crippen LogP contribution in [0.25, 0.3) is 0 Å². The molecule has 0 bridgehead atoms. The first kappa shape index (κ1) is 19.8. The molecular formula is C16H17Cl3O4. The lowest BCUT2D eigenvalue weighted by Crippen LogP contribution is -2.07. The fourth-order valence-electron chi connectivity index (χ4n) is 1.63. The number of unbranched alkanes of at least 4 members (excludes halogenated alkanes) is 3. The van der Waals surface area contributed by atoms with Gasteiger partial charge in [0, 0.05) is 24.3 Å². The maximum atomic E-state index is 11.6. The van der Waals surface area contributed by atoms with E-state index in [1.165, 1.54) is 12.1 Å². The maximum absolute atomic E-state index is 11.6. The van der Waals surface area contributed by atoms with Crippen molar-refractivity contribution >= 4 is 46.7 Å². The van der Waals surface area contributed by atoms with Crippen LogP contribution in [0.3, 0.4) is 0 Å². The second-order valence-corrected chi connectivity index (χ2v) is 5.88. The molecule has 0 saturated carbocycles. The van der Waals surface area contributed by atoms with Crippen molar-refractivity contribution in [1.29, 1.82) is 0 Å². The van der Waals surface area contributed by atoms with Crippen LogP contribution in [0.2, 0.25) is 15.1 Å². The van der Waals surface area contributed by atoms with Crippen molar-refractivity contribution in [2.45, 2.75) is 32.6 Å². The zero-order chi connectivity index (χ0) is 17.2. The zero-order valence-electron chi connectivity index (χ0n) is 12.6. The average Bonchev–Trinajstić information content (AvgIpc) is 2.50. The summed E-state index contributed by atoms with van der Waals surface area (Å²) in [7, 11) is 0. The lowest BCUT2D eigenvalue weighted by Gasteiger charge is -2.05. The highest BCUT2D eigenvalue weighted by atomic mass is 35.5. The van der Waals surface area contributed by atoms with Gasteiger partial charge in [0.1, 0.15) is 5.75 Å². The van der Waals surface area contributed by atoms with Crippen molar-refractivity contribution < 1.29 is 19.1 Å². The topological polar surface area (TPSA) is 52.6 Å². The van der Waals surface area contributed by atoms with Crippen LogP contribution >= 0.6 is 34.8 Å². The van der Waals surface area contributed by atoms with Crippen LogP contribution in [0.4, 0.5) is 0 Å². The molecule has 1 aromatic carbocycles.